The summed E-state index contributed by atoms with van der Waals surface area (Å²) in [5, 5.41) is 6.65. The fourth-order valence-electron chi connectivity index (χ4n) is 3.80. The second-order valence-corrected chi connectivity index (χ2v) is 8.17. The van der Waals surface area contributed by atoms with Crippen molar-refractivity contribution < 1.29 is 4.79 Å². The number of amides is 1. The van der Waals surface area contributed by atoms with Crippen molar-refractivity contribution in [2.24, 2.45) is 0 Å². The van der Waals surface area contributed by atoms with Gasteiger partial charge in [-0.1, -0.05) is 36.0 Å². The summed E-state index contributed by atoms with van der Waals surface area (Å²) in [6, 6.07) is 17.6. The van der Waals surface area contributed by atoms with Crippen molar-refractivity contribution in [1.29, 1.82) is 0 Å². The van der Waals surface area contributed by atoms with Gasteiger partial charge in [-0.3, -0.25) is 4.79 Å². The summed E-state index contributed by atoms with van der Waals surface area (Å²) in [6.45, 7) is 3.86. The van der Waals surface area contributed by atoms with Gasteiger partial charge in [0.1, 0.15) is 0 Å². The van der Waals surface area contributed by atoms with Crippen LogP contribution in [0, 0.1) is 0 Å². The number of fused-ring (bicyclic) bond motifs is 2. The molecular weight excluding hydrogens is 378 g/mol. The molecule has 2 aliphatic rings. The highest BCUT2D eigenvalue weighted by molar-refractivity contribution is 7.99. The first-order chi connectivity index (χ1) is 12.7. The largest absolute Gasteiger partial charge is 0.353 e. The number of anilines is 2. The molecule has 2 aliphatic heterocycles. The van der Waals surface area contributed by atoms with E-state index in [0.717, 1.165) is 19.4 Å². The number of halogens is 1. The van der Waals surface area contributed by atoms with Gasteiger partial charge in [-0.05, 0) is 50.6 Å². The van der Waals surface area contributed by atoms with Crippen LogP contribution in [0.3, 0.4) is 0 Å². The average Bonchev–Trinajstić information content (AvgIpc) is 2.65. The van der Waals surface area contributed by atoms with Gasteiger partial charge in [0.05, 0.1) is 11.4 Å². The van der Waals surface area contributed by atoms with E-state index in [1.165, 1.54) is 21.2 Å². The van der Waals surface area contributed by atoms with Crippen molar-refractivity contribution in [3.8, 4) is 0 Å². The molecule has 2 N–H and O–H groups in total. The van der Waals surface area contributed by atoms with Crippen molar-refractivity contribution in [3.05, 3.63) is 48.5 Å². The molecule has 4 nitrogen and oxygen atoms in total. The van der Waals surface area contributed by atoms with E-state index in [1.807, 2.05) is 0 Å². The molecule has 2 atom stereocenters. The van der Waals surface area contributed by atoms with Gasteiger partial charge < -0.3 is 15.5 Å². The van der Waals surface area contributed by atoms with E-state index in [0.29, 0.717) is 25.0 Å². The quantitative estimate of drug-likeness (QED) is 0.796. The summed E-state index contributed by atoms with van der Waals surface area (Å²) in [7, 11) is 0. The maximum Gasteiger partial charge on any atom is 0.222 e. The van der Waals surface area contributed by atoms with Crippen LogP contribution in [-0.4, -0.2) is 31.1 Å². The van der Waals surface area contributed by atoms with E-state index >= 15 is 0 Å². The fourth-order valence-corrected chi connectivity index (χ4v) is 4.89. The average molecular weight is 404 g/mol. The molecule has 1 amide bonds. The van der Waals surface area contributed by atoms with E-state index in [2.05, 4.69) is 71.0 Å². The van der Waals surface area contributed by atoms with Crippen molar-refractivity contribution in [3.63, 3.8) is 0 Å². The molecule has 1 saturated heterocycles. The molecule has 0 radical (unpaired) electrons. The second kappa shape index (κ2) is 9.00. The lowest BCUT2D eigenvalue weighted by Gasteiger charge is -2.33. The Morgan fingerprint density at radius 3 is 2.41 bits per heavy atom. The zero-order valence-electron chi connectivity index (χ0n) is 15.5. The molecule has 2 aromatic rings. The summed E-state index contributed by atoms with van der Waals surface area (Å²) in [4.78, 5) is 17.3. The molecule has 2 unspecified atom stereocenters. The summed E-state index contributed by atoms with van der Waals surface area (Å²) < 4.78 is 0. The smallest absolute Gasteiger partial charge is 0.222 e. The summed E-state index contributed by atoms with van der Waals surface area (Å²) in [6.07, 6.45) is 2.53. The second-order valence-electron chi connectivity index (χ2n) is 7.08. The van der Waals surface area contributed by atoms with Gasteiger partial charge in [0.15, 0.2) is 0 Å². The molecule has 2 aromatic carbocycles. The predicted octanol–water partition coefficient (Wildman–Crippen LogP) is 4.36. The van der Waals surface area contributed by atoms with Crippen molar-refractivity contribution >= 4 is 41.5 Å². The molecule has 0 saturated carbocycles. The number of hydrogen-bond donors (Lipinski definition) is 2. The topological polar surface area (TPSA) is 44.4 Å². The van der Waals surface area contributed by atoms with Gasteiger partial charge in [0.2, 0.25) is 5.91 Å². The lowest BCUT2D eigenvalue weighted by Crippen LogP contribution is -2.47. The molecule has 0 spiro atoms. The first kappa shape index (κ1) is 20.1. The van der Waals surface area contributed by atoms with Crippen LogP contribution in [0.15, 0.2) is 58.3 Å². The summed E-state index contributed by atoms with van der Waals surface area (Å²) in [5.41, 5.74) is 2.39. The lowest BCUT2D eigenvalue weighted by atomic mass is 10.0. The Morgan fingerprint density at radius 2 is 1.78 bits per heavy atom. The number of hydrogen-bond acceptors (Lipinski definition) is 4. The summed E-state index contributed by atoms with van der Waals surface area (Å²) >= 11 is 1.80. The molecule has 27 heavy (non-hydrogen) atoms. The van der Waals surface area contributed by atoms with Gasteiger partial charge in [-0.25, -0.2) is 0 Å². The van der Waals surface area contributed by atoms with Crippen LogP contribution < -0.4 is 15.5 Å². The van der Waals surface area contributed by atoms with Crippen LogP contribution in [-0.2, 0) is 4.79 Å². The molecule has 1 fully saturated rings. The standard InChI is InChI=1S/C21H25N3OS.ClH/c1-15-14-16(10-12-22-15)23-21(25)11-13-24-17-6-2-4-8-19(17)26-20-9-5-3-7-18(20)24;/h2-9,15-16,22H,10-14H2,1H3,(H,23,25);1H. The van der Waals surface area contributed by atoms with Crippen molar-refractivity contribution in [2.45, 2.75) is 48.1 Å². The molecule has 2 heterocycles. The minimum atomic E-state index is 0. The number of piperidine rings is 1. The van der Waals surface area contributed by atoms with Gasteiger partial charge in [-0.2, -0.15) is 0 Å². The van der Waals surface area contributed by atoms with Gasteiger partial charge >= 0.3 is 0 Å². The predicted molar refractivity (Wildman–Crippen MR) is 115 cm³/mol. The Balaban J connectivity index is 0.00000210. The van der Waals surface area contributed by atoms with E-state index in [-0.39, 0.29) is 18.3 Å². The van der Waals surface area contributed by atoms with E-state index in [1.54, 1.807) is 11.8 Å². The molecular formula is C21H26ClN3OS. The Morgan fingerprint density at radius 1 is 1.15 bits per heavy atom. The van der Waals surface area contributed by atoms with Gasteiger partial charge in [0.25, 0.3) is 0 Å². The van der Waals surface area contributed by atoms with E-state index in [9.17, 15) is 4.79 Å². The highest BCUT2D eigenvalue weighted by Gasteiger charge is 2.24. The molecule has 144 valence electrons. The van der Waals surface area contributed by atoms with Crippen molar-refractivity contribution in [1.82, 2.24) is 10.6 Å². The number of carbonyl (C=O) groups is 1. The summed E-state index contributed by atoms with van der Waals surface area (Å²) in [5.74, 6) is 0.150. The maximum atomic E-state index is 12.5. The maximum absolute atomic E-state index is 12.5. The van der Waals surface area contributed by atoms with Crippen LogP contribution in [0.5, 0.6) is 0 Å². The number of carbonyl (C=O) groups excluding carboxylic acids is 1. The first-order valence-electron chi connectivity index (χ1n) is 9.37. The van der Waals surface area contributed by atoms with Gasteiger partial charge in [-0.15, -0.1) is 12.4 Å². The van der Waals surface area contributed by atoms with Crippen LogP contribution in [0.2, 0.25) is 0 Å². The Labute approximate surface area is 171 Å². The van der Waals surface area contributed by atoms with E-state index < -0.39 is 0 Å². The third kappa shape index (κ3) is 4.60. The zero-order chi connectivity index (χ0) is 17.9. The number of para-hydroxylation sites is 2. The highest BCUT2D eigenvalue weighted by atomic mass is 35.5. The fraction of sp³-hybridized carbons (Fsp3) is 0.381. The van der Waals surface area contributed by atoms with Crippen LogP contribution in [0.4, 0.5) is 11.4 Å². The molecule has 4 rings (SSSR count). The third-order valence-corrected chi connectivity index (χ3v) is 6.21. The van der Waals surface area contributed by atoms with Gasteiger partial charge in [0, 0.05) is 34.8 Å². The van der Waals surface area contributed by atoms with Crippen LogP contribution in [0.25, 0.3) is 0 Å². The number of nitrogens with one attached hydrogen (secondary N) is 2. The van der Waals surface area contributed by atoms with Crippen molar-refractivity contribution in [2.75, 3.05) is 18.0 Å². The third-order valence-electron chi connectivity index (χ3n) is 5.08. The Hall–Kier alpha value is -1.69. The molecule has 0 aromatic heterocycles. The Kier molecular flexibility index (Phi) is 6.68. The monoisotopic (exact) mass is 403 g/mol. The Bertz CT molecular complexity index is 755. The highest BCUT2D eigenvalue weighted by Crippen LogP contribution is 2.47. The normalized spacial score (nSPS) is 20.9. The minimum Gasteiger partial charge on any atom is -0.353 e. The molecule has 6 heteroatoms. The first-order valence-corrected chi connectivity index (χ1v) is 10.2. The molecule has 0 bridgehead atoms. The minimum absolute atomic E-state index is 0. The number of nitrogens with zero attached hydrogens (tertiary/aromatic N) is 1. The van der Waals surface area contributed by atoms with Crippen LogP contribution in [0.1, 0.15) is 26.2 Å². The lowest BCUT2D eigenvalue weighted by molar-refractivity contribution is -0.121. The SMILES string of the molecule is CC1CC(NC(=O)CCN2c3ccccc3Sc3ccccc32)CCN1.Cl. The number of rotatable bonds is 4. The van der Waals surface area contributed by atoms with Crippen LogP contribution >= 0.6 is 24.2 Å². The molecule has 0 aliphatic carbocycles. The zero-order valence-corrected chi connectivity index (χ0v) is 17.1. The van der Waals surface area contributed by atoms with E-state index in [4.69, 9.17) is 0 Å². The number of benzene rings is 2.